The van der Waals surface area contributed by atoms with Gasteiger partial charge in [0.2, 0.25) is 0 Å². The molecular formula is C12H24O4. The summed E-state index contributed by atoms with van der Waals surface area (Å²) in [6.07, 6.45) is 4.29. The van der Waals surface area contributed by atoms with Gasteiger partial charge in [-0.15, -0.1) is 0 Å². The Bertz CT molecular complexity index is 163. The lowest BCUT2D eigenvalue weighted by atomic mass is 9.84. The number of aliphatic hydroxyl groups excluding tert-OH is 1. The minimum Gasteiger partial charge on any atom is -0.381 e. The summed E-state index contributed by atoms with van der Waals surface area (Å²) in [5.41, 5.74) is 0.306. The molecule has 0 spiro atoms. The van der Waals surface area contributed by atoms with Gasteiger partial charge in [-0.2, -0.15) is 0 Å². The Labute approximate surface area is 97.9 Å². The quantitative estimate of drug-likeness (QED) is 0.459. The van der Waals surface area contributed by atoms with Crippen LogP contribution in [-0.2, 0) is 14.2 Å². The maximum absolute atomic E-state index is 8.40. The Kier molecular flexibility index (Phi) is 6.96. The Hall–Kier alpha value is -0.160. The molecule has 1 N–H and O–H groups in total. The van der Waals surface area contributed by atoms with Gasteiger partial charge in [0.15, 0.2) is 0 Å². The van der Waals surface area contributed by atoms with Gasteiger partial charge in [-0.3, -0.25) is 0 Å². The predicted octanol–water partition coefficient (Wildman–Crippen LogP) is 1.57. The molecule has 96 valence electrons. The van der Waals surface area contributed by atoms with E-state index >= 15 is 0 Å². The van der Waals surface area contributed by atoms with Crippen LogP contribution in [0.15, 0.2) is 0 Å². The molecular weight excluding hydrogens is 208 g/mol. The molecule has 0 saturated carbocycles. The van der Waals surface area contributed by atoms with Crippen LogP contribution in [-0.4, -0.2) is 44.9 Å². The molecule has 4 nitrogen and oxygen atoms in total. The van der Waals surface area contributed by atoms with Crippen LogP contribution in [0, 0.1) is 5.41 Å². The molecule has 1 rings (SSSR count). The molecule has 4 heteroatoms. The molecule has 0 aromatic rings. The topological polar surface area (TPSA) is 47.9 Å². The van der Waals surface area contributed by atoms with E-state index in [0.29, 0.717) is 12.0 Å². The maximum Gasteiger partial charge on any atom is 0.143 e. The van der Waals surface area contributed by atoms with Crippen molar-refractivity contribution in [3.05, 3.63) is 0 Å². The van der Waals surface area contributed by atoms with Crippen LogP contribution in [0.1, 0.15) is 32.6 Å². The van der Waals surface area contributed by atoms with E-state index in [1.54, 1.807) is 0 Å². The van der Waals surface area contributed by atoms with E-state index < -0.39 is 0 Å². The standard InChI is InChI=1S/C12H24O4/c1-2-12(9-16-10-12)8-14-6-4-3-5-7-15-11-13/h13H,2-11H2,1H3. The van der Waals surface area contributed by atoms with Gasteiger partial charge in [0, 0.05) is 18.6 Å². The highest BCUT2D eigenvalue weighted by atomic mass is 16.6. The van der Waals surface area contributed by atoms with Crippen molar-refractivity contribution in [3.63, 3.8) is 0 Å². The highest BCUT2D eigenvalue weighted by Crippen LogP contribution is 2.31. The number of hydrogen-bond acceptors (Lipinski definition) is 4. The third kappa shape index (κ3) is 4.78. The fraction of sp³-hybridized carbons (Fsp3) is 1.00. The molecule has 0 radical (unpaired) electrons. The number of rotatable bonds is 10. The second-order valence-corrected chi connectivity index (χ2v) is 4.50. The maximum atomic E-state index is 8.40. The summed E-state index contributed by atoms with van der Waals surface area (Å²) < 4.78 is 15.7. The van der Waals surface area contributed by atoms with Crippen LogP contribution in [0.25, 0.3) is 0 Å². The van der Waals surface area contributed by atoms with E-state index in [4.69, 9.17) is 19.3 Å². The first-order valence-corrected chi connectivity index (χ1v) is 6.17. The third-order valence-corrected chi connectivity index (χ3v) is 3.14. The van der Waals surface area contributed by atoms with Crippen LogP contribution in [0.3, 0.4) is 0 Å². The minimum absolute atomic E-state index is 0.171. The monoisotopic (exact) mass is 232 g/mol. The van der Waals surface area contributed by atoms with Crippen LogP contribution in [0.5, 0.6) is 0 Å². The molecule has 16 heavy (non-hydrogen) atoms. The van der Waals surface area contributed by atoms with E-state index in [2.05, 4.69) is 6.92 Å². The smallest absolute Gasteiger partial charge is 0.143 e. The minimum atomic E-state index is -0.171. The molecule has 0 amide bonds. The Morgan fingerprint density at radius 1 is 1.12 bits per heavy atom. The summed E-state index contributed by atoms with van der Waals surface area (Å²) in [4.78, 5) is 0. The second-order valence-electron chi connectivity index (χ2n) is 4.50. The average molecular weight is 232 g/mol. The summed E-state index contributed by atoms with van der Waals surface area (Å²) >= 11 is 0. The van der Waals surface area contributed by atoms with Crippen molar-refractivity contribution < 1.29 is 19.3 Å². The van der Waals surface area contributed by atoms with Crippen LogP contribution >= 0.6 is 0 Å². The van der Waals surface area contributed by atoms with Gasteiger partial charge >= 0.3 is 0 Å². The first kappa shape index (κ1) is 13.9. The van der Waals surface area contributed by atoms with Crippen LogP contribution < -0.4 is 0 Å². The van der Waals surface area contributed by atoms with Crippen molar-refractivity contribution >= 4 is 0 Å². The summed E-state index contributed by atoms with van der Waals surface area (Å²) in [7, 11) is 0. The lowest BCUT2D eigenvalue weighted by Crippen LogP contribution is -2.45. The zero-order valence-corrected chi connectivity index (χ0v) is 10.2. The number of unbranched alkanes of at least 4 members (excludes halogenated alkanes) is 2. The number of aliphatic hydroxyl groups is 1. The molecule has 1 saturated heterocycles. The molecule has 1 aliphatic rings. The van der Waals surface area contributed by atoms with Crippen molar-refractivity contribution in [3.8, 4) is 0 Å². The van der Waals surface area contributed by atoms with Crippen molar-refractivity contribution in [2.45, 2.75) is 32.6 Å². The van der Waals surface area contributed by atoms with Crippen LogP contribution in [0.4, 0.5) is 0 Å². The average Bonchev–Trinajstić information content (AvgIpc) is 2.25. The van der Waals surface area contributed by atoms with Gasteiger partial charge in [-0.05, 0) is 25.7 Å². The number of ether oxygens (including phenoxy) is 3. The molecule has 0 atom stereocenters. The first-order valence-electron chi connectivity index (χ1n) is 6.17. The molecule has 0 aliphatic carbocycles. The van der Waals surface area contributed by atoms with Crippen molar-refractivity contribution in [2.24, 2.45) is 5.41 Å². The van der Waals surface area contributed by atoms with Gasteiger partial charge in [0.1, 0.15) is 6.79 Å². The summed E-state index contributed by atoms with van der Waals surface area (Å²) in [5.74, 6) is 0. The zero-order valence-electron chi connectivity index (χ0n) is 10.2. The molecule has 1 heterocycles. The lowest BCUT2D eigenvalue weighted by molar-refractivity contribution is -0.150. The fourth-order valence-corrected chi connectivity index (χ4v) is 1.72. The largest absolute Gasteiger partial charge is 0.381 e. The lowest BCUT2D eigenvalue weighted by Gasteiger charge is -2.40. The third-order valence-electron chi connectivity index (χ3n) is 3.14. The summed E-state index contributed by atoms with van der Waals surface area (Å²) in [5, 5.41) is 8.40. The highest BCUT2D eigenvalue weighted by molar-refractivity contribution is 4.83. The van der Waals surface area contributed by atoms with Crippen molar-refractivity contribution in [1.82, 2.24) is 0 Å². The summed E-state index contributed by atoms with van der Waals surface area (Å²) in [6, 6.07) is 0. The molecule has 0 aromatic carbocycles. The van der Waals surface area contributed by atoms with E-state index in [1.165, 1.54) is 0 Å². The van der Waals surface area contributed by atoms with E-state index in [1.807, 2.05) is 0 Å². The Morgan fingerprint density at radius 2 is 1.81 bits per heavy atom. The highest BCUT2D eigenvalue weighted by Gasteiger charge is 2.36. The number of hydrogen-bond donors (Lipinski definition) is 1. The van der Waals surface area contributed by atoms with Crippen molar-refractivity contribution in [2.75, 3.05) is 39.8 Å². The van der Waals surface area contributed by atoms with E-state index in [0.717, 1.165) is 52.1 Å². The predicted molar refractivity (Wildman–Crippen MR) is 61.3 cm³/mol. The SMILES string of the molecule is CCC1(COCCCCCOCO)COC1. The first-order chi connectivity index (χ1) is 7.83. The van der Waals surface area contributed by atoms with Gasteiger partial charge < -0.3 is 19.3 Å². The van der Waals surface area contributed by atoms with E-state index in [9.17, 15) is 0 Å². The fourth-order valence-electron chi connectivity index (χ4n) is 1.72. The molecule has 1 fully saturated rings. The second kappa shape index (κ2) is 8.01. The van der Waals surface area contributed by atoms with E-state index in [-0.39, 0.29) is 6.79 Å². The van der Waals surface area contributed by atoms with Gasteiger partial charge in [0.05, 0.1) is 19.8 Å². The molecule has 1 aliphatic heterocycles. The van der Waals surface area contributed by atoms with Gasteiger partial charge in [-0.25, -0.2) is 0 Å². The van der Waals surface area contributed by atoms with Crippen LogP contribution in [0.2, 0.25) is 0 Å². The molecule has 0 unspecified atom stereocenters. The Morgan fingerprint density at radius 3 is 2.31 bits per heavy atom. The normalized spacial score (nSPS) is 18.4. The Balaban J connectivity index is 1.84. The van der Waals surface area contributed by atoms with Gasteiger partial charge in [-0.1, -0.05) is 6.92 Å². The summed E-state index contributed by atoms with van der Waals surface area (Å²) in [6.45, 7) is 6.02. The molecule has 0 bridgehead atoms. The zero-order chi connectivity index (χ0) is 11.7. The van der Waals surface area contributed by atoms with Gasteiger partial charge in [0.25, 0.3) is 0 Å². The molecule has 0 aromatic heterocycles. The van der Waals surface area contributed by atoms with Crippen molar-refractivity contribution in [1.29, 1.82) is 0 Å².